The molecule has 6 nitrogen and oxygen atoms in total. The van der Waals surface area contributed by atoms with Gasteiger partial charge in [0.25, 0.3) is 5.91 Å². The molecular formula is C23H25N3O3. The Morgan fingerprint density at radius 2 is 2.03 bits per heavy atom. The van der Waals surface area contributed by atoms with Crippen molar-refractivity contribution in [1.82, 2.24) is 10.2 Å². The molecule has 6 heteroatoms. The van der Waals surface area contributed by atoms with Crippen LogP contribution < -0.4 is 10.2 Å². The highest BCUT2D eigenvalue weighted by Gasteiger charge is 2.35. The van der Waals surface area contributed by atoms with Gasteiger partial charge >= 0.3 is 0 Å². The summed E-state index contributed by atoms with van der Waals surface area (Å²) in [6, 6.07) is 9.12. The molecule has 2 aliphatic heterocycles. The fraction of sp³-hybridized carbons (Fsp3) is 0.348. The molecular weight excluding hydrogens is 366 g/mol. The zero-order valence-corrected chi connectivity index (χ0v) is 16.8. The van der Waals surface area contributed by atoms with Crippen molar-refractivity contribution >= 4 is 40.1 Å². The summed E-state index contributed by atoms with van der Waals surface area (Å²) >= 11 is 0. The van der Waals surface area contributed by atoms with Crippen LogP contribution in [-0.4, -0.2) is 56.2 Å². The number of aldehydes is 1. The van der Waals surface area contributed by atoms with E-state index < -0.39 is 6.04 Å². The Balaban J connectivity index is 1.76. The molecule has 0 aromatic heterocycles. The molecule has 4 rings (SSSR count). The second kappa shape index (κ2) is 7.79. The second-order valence-electron chi connectivity index (χ2n) is 7.69. The van der Waals surface area contributed by atoms with Crippen LogP contribution in [0.2, 0.25) is 0 Å². The van der Waals surface area contributed by atoms with Gasteiger partial charge in [-0.25, -0.2) is 0 Å². The molecule has 0 saturated carbocycles. The van der Waals surface area contributed by atoms with E-state index in [1.165, 1.54) is 5.57 Å². The second-order valence-corrected chi connectivity index (χ2v) is 7.69. The van der Waals surface area contributed by atoms with Gasteiger partial charge in [-0.15, -0.1) is 0 Å². The van der Waals surface area contributed by atoms with Crippen molar-refractivity contribution in [3.8, 4) is 0 Å². The van der Waals surface area contributed by atoms with Crippen LogP contribution in [0.1, 0.15) is 35.2 Å². The van der Waals surface area contributed by atoms with E-state index >= 15 is 0 Å². The minimum Gasteiger partial charge on any atom is -0.359 e. The minimum absolute atomic E-state index is 0.143. The van der Waals surface area contributed by atoms with Gasteiger partial charge in [-0.2, -0.15) is 0 Å². The molecule has 2 heterocycles. The number of benzene rings is 2. The highest BCUT2D eigenvalue weighted by atomic mass is 16.2. The number of nitrogens with zero attached hydrogens (tertiary/aromatic N) is 2. The molecule has 1 N–H and O–H groups in total. The number of hydrogen-bond donors (Lipinski definition) is 1. The molecule has 0 bridgehead atoms. The van der Waals surface area contributed by atoms with E-state index in [1.807, 2.05) is 30.3 Å². The molecule has 1 unspecified atom stereocenters. The molecule has 0 aliphatic carbocycles. The van der Waals surface area contributed by atoms with Gasteiger partial charge in [0.2, 0.25) is 5.91 Å². The number of hydrogen-bond acceptors (Lipinski definition) is 4. The third-order valence-electron chi connectivity index (χ3n) is 5.92. The van der Waals surface area contributed by atoms with E-state index in [0.717, 1.165) is 47.8 Å². The van der Waals surface area contributed by atoms with Crippen LogP contribution >= 0.6 is 0 Å². The number of amides is 2. The predicted molar refractivity (Wildman–Crippen MR) is 114 cm³/mol. The monoisotopic (exact) mass is 391 g/mol. The van der Waals surface area contributed by atoms with Crippen LogP contribution in [0.5, 0.6) is 0 Å². The van der Waals surface area contributed by atoms with Gasteiger partial charge in [-0.1, -0.05) is 24.3 Å². The normalized spacial score (nSPS) is 17.4. The summed E-state index contributed by atoms with van der Waals surface area (Å²) in [5, 5.41) is 4.51. The highest BCUT2D eigenvalue weighted by molar-refractivity contribution is 6.27. The Hall–Kier alpha value is -2.99. The van der Waals surface area contributed by atoms with E-state index in [9.17, 15) is 14.4 Å². The highest BCUT2D eigenvalue weighted by Crippen LogP contribution is 2.42. The van der Waals surface area contributed by atoms with E-state index in [-0.39, 0.29) is 18.2 Å². The van der Waals surface area contributed by atoms with Gasteiger partial charge in [0, 0.05) is 37.5 Å². The van der Waals surface area contributed by atoms with Crippen LogP contribution in [0.3, 0.4) is 0 Å². The molecule has 2 aromatic rings. The predicted octanol–water partition coefficient (Wildman–Crippen LogP) is 2.61. The lowest BCUT2D eigenvalue weighted by atomic mass is 9.92. The molecule has 0 fully saturated rings. The lowest BCUT2D eigenvalue weighted by Crippen LogP contribution is -2.39. The quantitative estimate of drug-likeness (QED) is 0.769. The number of likely N-dealkylation sites (N-methyl/N-ethyl adjacent to an activating group) is 1. The van der Waals surface area contributed by atoms with Crippen LogP contribution in [0.25, 0.3) is 16.3 Å². The number of nitrogens with one attached hydrogen (secondary N) is 1. The van der Waals surface area contributed by atoms with Crippen molar-refractivity contribution in [2.75, 3.05) is 32.1 Å². The molecule has 0 radical (unpaired) electrons. The van der Waals surface area contributed by atoms with Crippen molar-refractivity contribution in [3.63, 3.8) is 0 Å². The minimum atomic E-state index is -0.663. The fourth-order valence-electron chi connectivity index (χ4n) is 4.29. The molecule has 150 valence electrons. The number of carbonyl (C=O) groups excluding carboxylic acids is 3. The summed E-state index contributed by atoms with van der Waals surface area (Å²) in [6.07, 6.45) is 4.48. The van der Waals surface area contributed by atoms with E-state index in [4.69, 9.17) is 0 Å². The first-order chi connectivity index (χ1) is 14.0. The summed E-state index contributed by atoms with van der Waals surface area (Å²) in [7, 11) is 3.67. The van der Waals surface area contributed by atoms with E-state index in [1.54, 1.807) is 11.9 Å². The van der Waals surface area contributed by atoms with Crippen molar-refractivity contribution in [2.45, 2.75) is 25.3 Å². The maximum atomic E-state index is 13.2. The molecule has 0 spiro atoms. The first-order valence-electron chi connectivity index (χ1n) is 9.98. The Kier molecular flexibility index (Phi) is 5.20. The number of carbonyl (C=O) groups is 3. The average molecular weight is 391 g/mol. The van der Waals surface area contributed by atoms with Crippen LogP contribution in [-0.2, 0) is 9.59 Å². The van der Waals surface area contributed by atoms with Crippen LogP contribution in [0.4, 0.5) is 5.69 Å². The summed E-state index contributed by atoms with van der Waals surface area (Å²) < 4.78 is 0. The van der Waals surface area contributed by atoms with Gasteiger partial charge in [0.1, 0.15) is 6.29 Å². The van der Waals surface area contributed by atoms with Gasteiger partial charge in [-0.3, -0.25) is 14.5 Å². The molecule has 2 aliphatic rings. The largest absolute Gasteiger partial charge is 0.359 e. The summed E-state index contributed by atoms with van der Waals surface area (Å²) in [4.78, 5) is 40.5. The third kappa shape index (κ3) is 3.34. The molecule has 1 atom stereocenters. The van der Waals surface area contributed by atoms with Crippen LogP contribution in [0.15, 0.2) is 36.4 Å². The standard InChI is InChI=1S/C23H25N3O3/c1-24-21(28)9-6-16(14-27)26-20-5-3-4-18-17(15-10-12-25(2)13-11-15)7-8-19(22(18)20)23(26)29/h3-5,7-8,10,14,16H,6,9,11-13H2,1-2H3,(H,24,28). The average Bonchev–Trinajstić information content (AvgIpc) is 3.03. The summed E-state index contributed by atoms with van der Waals surface area (Å²) in [5.74, 6) is -0.315. The first-order valence-corrected chi connectivity index (χ1v) is 9.98. The van der Waals surface area contributed by atoms with Crippen molar-refractivity contribution in [1.29, 1.82) is 0 Å². The van der Waals surface area contributed by atoms with E-state index in [2.05, 4.69) is 23.3 Å². The van der Waals surface area contributed by atoms with Gasteiger partial charge in [0.15, 0.2) is 0 Å². The van der Waals surface area contributed by atoms with E-state index in [0.29, 0.717) is 12.0 Å². The van der Waals surface area contributed by atoms with Gasteiger partial charge in [-0.05, 0) is 48.5 Å². The Bertz CT molecular complexity index is 1030. The maximum Gasteiger partial charge on any atom is 0.259 e. The SMILES string of the molecule is CNC(=O)CCC(C=O)N1C(=O)c2ccc(C3=CCN(C)CC3)c3cccc1c23. The fourth-order valence-corrected chi connectivity index (χ4v) is 4.29. The number of rotatable bonds is 6. The molecule has 2 aromatic carbocycles. The summed E-state index contributed by atoms with van der Waals surface area (Å²) in [5.41, 5.74) is 3.83. The van der Waals surface area contributed by atoms with Crippen molar-refractivity contribution in [2.24, 2.45) is 0 Å². The Morgan fingerprint density at radius 1 is 1.24 bits per heavy atom. The number of anilines is 1. The van der Waals surface area contributed by atoms with Crippen LogP contribution in [0, 0.1) is 0 Å². The van der Waals surface area contributed by atoms with Gasteiger partial charge < -0.3 is 15.0 Å². The third-order valence-corrected chi connectivity index (χ3v) is 5.92. The zero-order chi connectivity index (χ0) is 20.5. The van der Waals surface area contributed by atoms with Crippen molar-refractivity contribution in [3.05, 3.63) is 47.5 Å². The lowest BCUT2D eigenvalue weighted by molar-refractivity contribution is -0.120. The Labute approximate surface area is 170 Å². The zero-order valence-electron chi connectivity index (χ0n) is 16.8. The smallest absolute Gasteiger partial charge is 0.259 e. The molecule has 29 heavy (non-hydrogen) atoms. The topological polar surface area (TPSA) is 69.7 Å². The van der Waals surface area contributed by atoms with Gasteiger partial charge in [0.05, 0.1) is 11.7 Å². The Morgan fingerprint density at radius 3 is 2.72 bits per heavy atom. The lowest BCUT2D eigenvalue weighted by Gasteiger charge is -2.24. The first kappa shape index (κ1) is 19.3. The molecule has 0 saturated heterocycles. The molecule has 2 amide bonds. The summed E-state index contributed by atoms with van der Waals surface area (Å²) in [6.45, 7) is 1.92. The maximum absolute atomic E-state index is 13.2. The van der Waals surface area contributed by atoms with Crippen molar-refractivity contribution < 1.29 is 14.4 Å².